The van der Waals surface area contributed by atoms with Gasteiger partial charge in [0, 0.05) is 6.42 Å². The molecule has 0 aromatic rings. The van der Waals surface area contributed by atoms with Gasteiger partial charge in [0.25, 0.3) is 0 Å². The van der Waals surface area contributed by atoms with Crippen LogP contribution in [-0.2, 0) is 14.3 Å². The van der Waals surface area contributed by atoms with Crippen LogP contribution < -0.4 is 5.32 Å². The Balaban J connectivity index is 2.49. The first kappa shape index (κ1) is 45.4. The average Bonchev–Trinajstić information content (AvgIpc) is 3.10. The lowest BCUT2D eigenvalue weighted by Gasteiger charge is -2.40. The van der Waals surface area contributed by atoms with Crippen molar-refractivity contribution in [2.45, 2.75) is 198 Å². The third kappa shape index (κ3) is 22.8. The third-order valence-corrected chi connectivity index (χ3v) is 9.20. The van der Waals surface area contributed by atoms with Gasteiger partial charge in [0.2, 0.25) is 5.91 Å². The number of carbonyl (C=O) groups excluding carboxylic acids is 1. The largest absolute Gasteiger partial charge is 0.394 e. The summed E-state index contributed by atoms with van der Waals surface area (Å²) in [6, 6.07) is -0.822. The number of carbonyl (C=O) groups is 1. The molecule has 1 rings (SSSR count). The Morgan fingerprint density at radius 3 is 1.71 bits per heavy atom. The summed E-state index contributed by atoms with van der Waals surface area (Å²) >= 11 is 0. The zero-order valence-electron chi connectivity index (χ0n) is 30.9. The summed E-state index contributed by atoms with van der Waals surface area (Å²) in [5.41, 5.74) is 0. The van der Waals surface area contributed by atoms with Crippen LogP contribution in [0.3, 0.4) is 0 Å². The average molecular weight is 696 g/mol. The molecule has 0 aromatic carbocycles. The van der Waals surface area contributed by atoms with Crippen molar-refractivity contribution >= 4 is 5.91 Å². The van der Waals surface area contributed by atoms with Gasteiger partial charge < -0.3 is 40.3 Å². The smallest absolute Gasteiger partial charge is 0.220 e. The number of allylic oxidation sites excluding steroid dienone is 5. The SMILES string of the molecule is CCCCCC/C=C/CC/C=C/CC/C=C/C(O)C(COC1OC(CO)C(O)C(O)C1O)NC(=O)CCCCCCCCCCCCCC. The highest BCUT2D eigenvalue weighted by molar-refractivity contribution is 5.76. The molecule has 9 heteroatoms. The normalized spacial score (nSPS) is 22.8. The molecule has 1 aliphatic rings. The Hall–Kier alpha value is -1.59. The third-order valence-electron chi connectivity index (χ3n) is 9.20. The van der Waals surface area contributed by atoms with Gasteiger partial charge >= 0.3 is 0 Å². The number of aliphatic hydroxyl groups excluding tert-OH is 5. The van der Waals surface area contributed by atoms with E-state index in [-0.39, 0.29) is 12.5 Å². The second kappa shape index (κ2) is 31.2. The fourth-order valence-electron chi connectivity index (χ4n) is 5.95. The molecule has 0 spiro atoms. The van der Waals surface area contributed by atoms with Crippen LogP contribution in [0.2, 0.25) is 0 Å². The second-order valence-electron chi connectivity index (χ2n) is 13.7. The summed E-state index contributed by atoms with van der Waals surface area (Å²) in [6.45, 7) is 3.69. The van der Waals surface area contributed by atoms with Crippen molar-refractivity contribution in [3.05, 3.63) is 36.5 Å². The summed E-state index contributed by atoms with van der Waals surface area (Å²) in [4.78, 5) is 12.8. The van der Waals surface area contributed by atoms with Gasteiger partial charge in [-0.3, -0.25) is 4.79 Å². The standard InChI is InChI=1S/C40H73NO8/c1-3-5-7-9-11-13-15-17-18-19-21-23-25-27-29-34(43)33(32-48-40-39(47)38(46)37(45)35(31-42)49-40)41-36(44)30-28-26-24-22-20-16-14-12-10-8-6-4-2/h13,15,19,21,27,29,33-35,37-40,42-43,45-47H,3-12,14,16-18,20,22-26,28,30-32H2,1-2H3,(H,41,44)/b15-13+,21-19+,29-27+. The van der Waals surface area contributed by atoms with E-state index < -0.39 is 49.5 Å². The highest BCUT2D eigenvalue weighted by atomic mass is 16.7. The Labute approximate surface area is 298 Å². The van der Waals surface area contributed by atoms with Crippen LogP contribution in [0.25, 0.3) is 0 Å². The maximum Gasteiger partial charge on any atom is 0.220 e. The molecule has 286 valence electrons. The van der Waals surface area contributed by atoms with Crippen molar-refractivity contribution in [2.75, 3.05) is 13.2 Å². The number of hydrogen-bond donors (Lipinski definition) is 6. The number of hydrogen-bond acceptors (Lipinski definition) is 8. The van der Waals surface area contributed by atoms with Crippen LogP contribution in [0.5, 0.6) is 0 Å². The van der Waals surface area contributed by atoms with E-state index in [2.05, 4.69) is 43.5 Å². The van der Waals surface area contributed by atoms with E-state index in [4.69, 9.17) is 9.47 Å². The van der Waals surface area contributed by atoms with Crippen molar-refractivity contribution < 1.29 is 39.8 Å². The summed E-state index contributed by atoms with van der Waals surface area (Å²) in [5.74, 6) is -0.195. The lowest BCUT2D eigenvalue weighted by Crippen LogP contribution is -2.60. The van der Waals surface area contributed by atoms with E-state index in [0.717, 1.165) is 51.4 Å². The molecule has 0 bridgehead atoms. The maximum absolute atomic E-state index is 12.8. The maximum atomic E-state index is 12.8. The highest BCUT2D eigenvalue weighted by Gasteiger charge is 2.44. The number of unbranched alkanes of at least 4 members (excludes halogenated alkanes) is 17. The van der Waals surface area contributed by atoms with Gasteiger partial charge in [0.05, 0.1) is 25.4 Å². The number of rotatable bonds is 31. The van der Waals surface area contributed by atoms with Gasteiger partial charge in [-0.05, 0) is 44.9 Å². The van der Waals surface area contributed by atoms with E-state index in [1.54, 1.807) is 6.08 Å². The monoisotopic (exact) mass is 696 g/mol. The van der Waals surface area contributed by atoms with Crippen LogP contribution in [-0.4, -0.2) is 87.5 Å². The quantitative estimate of drug-likeness (QED) is 0.0338. The predicted molar refractivity (Wildman–Crippen MR) is 198 cm³/mol. The molecule has 0 aromatic heterocycles. The van der Waals surface area contributed by atoms with Crippen LogP contribution in [0.4, 0.5) is 0 Å². The summed E-state index contributed by atoms with van der Waals surface area (Å²) in [7, 11) is 0. The molecule has 9 nitrogen and oxygen atoms in total. The predicted octanol–water partition coefficient (Wildman–Crippen LogP) is 6.94. The van der Waals surface area contributed by atoms with Crippen molar-refractivity contribution in [3.8, 4) is 0 Å². The summed E-state index contributed by atoms with van der Waals surface area (Å²) in [5, 5.41) is 53.9. The van der Waals surface area contributed by atoms with Gasteiger partial charge in [0.15, 0.2) is 6.29 Å². The molecule has 0 aliphatic carbocycles. The fourth-order valence-corrected chi connectivity index (χ4v) is 5.95. The minimum absolute atomic E-state index is 0.195. The molecule has 1 aliphatic heterocycles. The lowest BCUT2D eigenvalue weighted by molar-refractivity contribution is -0.302. The van der Waals surface area contributed by atoms with Crippen LogP contribution in [0.15, 0.2) is 36.5 Å². The molecular weight excluding hydrogens is 622 g/mol. The summed E-state index contributed by atoms with van der Waals surface area (Å²) < 4.78 is 11.1. The van der Waals surface area contributed by atoms with E-state index in [0.29, 0.717) is 6.42 Å². The molecule has 0 saturated carbocycles. The molecule has 1 amide bonds. The van der Waals surface area contributed by atoms with Crippen molar-refractivity contribution in [3.63, 3.8) is 0 Å². The molecule has 49 heavy (non-hydrogen) atoms. The zero-order valence-corrected chi connectivity index (χ0v) is 30.9. The molecule has 1 heterocycles. The lowest BCUT2D eigenvalue weighted by atomic mass is 9.99. The first-order chi connectivity index (χ1) is 23.8. The molecular formula is C40H73NO8. The van der Waals surface area contributed by atoms with Gasteiger partial charge in [-0.15, -0.1) is 0 Å². The molecule has 7 unspecified atom stereocenters. The first-order valence-corrected chi connectivity index (χ1v) is 19.7. The van der Waals surface area contributed by atoms with Gasteiger partial charge in [-0.25, -0.2) is 0 Å². The van der Waals surface area contributed by atoms with Crippen LogP contribution >= 0.6 is 0 Å². The Kier molecular flexibility index (Phi) is 28.9. The van der Waals surface area contributed by atoms with E-state index in [9.17, 15) is 30.3 Å². The number of amides is 1. The first-order valence-electron chi connectivity index (χ1n) is 19.7. The number of ether oxygens (including phenoxy) is 2. The molecule has 7 atom stereocenters. The van der Waals surface area contributed by atoms with Gasteiger partial charge in [-0.2, -0.15) is 0 Å². The molecule has 6 N–H and O–H groups in total. The molecule has 0 radical (unpaired) electrons. The Morgan fingerprint density at radius 1 is 0.673 bits per heavy atom. The fraction of sp³-hybridized carbons (Fsp3) is 0.825. The Bertz CT molecular complexity index is 863. The topological polar surface area (TPSA) is 149 Å². The van der Waals surface area contributed by atoms with Crippen molar-refractivity contribution in [1.29, 1.82) is 0 Å². The van der Waals surface area contributed by atoms with E-state index in [1.165, 1.54) is 83.5 Å². The summed E-state index contributed by atoms with van der Waals surface area (Å²) in [6.07, 6.45) is 29.0. The van der Waals surface area contributed by atoms with E-state index in [1.807, 2.05) is 6.08 Å². The number of nitrogens with one attached hydrogen (secondary N) is 1. The van der Waals surface area contributed by atoms with Crippen molar-refractivity contribution in [1.82, 2.24) is 5.32 Å². The highest BCUT2D eigenvalue weighted by Crippen LogP contribution is 2.22. The second-order valence-corrected chi connectivity index (χ2v) is 13.7. The van der Waals surface area contributed by atoms with Gasteiger partial charge in [-0.1, -0.05) is 140 Å². The van der Waals surface area contributed by atoms with Crippen LogP contribution in [0, 0.1) is 0 Å². The van der Waals surface area contributed by atoms with Crippen LogP contribution in [0.1, 0.15) is 155 Å². The minimum atomic E-state index is -1.57. The zero-order chi connectivity index (χ0) is 36.0. The minimum Gasteiger partial charge on any atom is -0.394 e. The van der Waals surface area contributed by atoms with E-state index >= 15 is 0 Å². The number of aliphatic hydroxyl groups is 5. The molecule has 1 saturated heterocycles. The van der Waals surface area contributed by atoms with Crippen molar-refractivity contribution in [2.24, 2.45) is 0 Å². The molecule has 1 fully saturated rings. The van der Waals surface area contributed by atoms with Gasteiger partial charge in [0.1, 0.15) is 24.4 Å². The Morgan fingerprint density at radius 2 is 1.16 bits per heavy atom.